The first-order valence-corrected chi connectivity index (χ1v) is 11.3. The van der Waals surface area contributed by atoms with E-state index in [0.29, 0.717) is 12.5 Å². The van der Waals surface area contributed by atoms with Crippen LogP contribution >= 0.6 is 0 Å². The molecule has 0 aliphatic carbocycles. The van der Waals surface area contributed by atoms with Gasteiger partial charge < -0.3 is 26.7 Å². The largest absolute Gasteiger partial charge is 1.00 e. The molecule has 166 valence electrons. The van der Waals surface area contributed by atoms with Crippen molar-refractivity contribution in [3.8, 4) is 5.75 Å². The van der Waals surface area contributed by atoms with Crippen LogP contribution in [0, 0.1) is 6.92 Å². The Labute approximate surface area is 189 Å². The summed E-state index contributed by atoms with van der Waals surface area (Å²) < 4.78 is 6.96. The lowest BCUT2D eigenvalue weighted by molar-refractivity contribution is -0.942. The van der Waals surface area contributed by atoms with Crippen molar-refractivity contribution < 1.29 is 26.7 Å². The second-order valence-corrected chi connectivity index (χ2v) is 9.17. The van der Waals surface area contributed by atoms with Gasteiger partial charge in [-0.1, -0.05) is 50.2 Å². The molecule has 0 saturated carbocycles. The minimum Gasteiger partial charge on any atom is -1.00 e. The van der Waals surface area contributed by atoms with Crippen molar-refractivity contribution in [2.75, 3.05) is 26.2 Å². The second kappa shape index (κ2) is 11.7. The molecule has 3 nitrogen and oxygen atoms in total. The molecule has 1 heterocycles. The summed E-state index contributed by atoms with van der Waals surface area (Å²) in [5.74, 6) is 1.37. The highest BCUT2D eigenvalue weighted by Gasteiger charge is 2.32. The summed E-state index contributed by atoms with van der Waals surface area (Å²) in [5, 5.41) is 10.9. The maximum atomic E-state index is 10.9. The van der Waals surface area contributed by atoms with Gasteiger partial charge in [-0.15, -0.1) is 0 Å². The number of aliphatic hydroxyl groups excluding tert-OH is 1. The molecule has 3 rings (SSSR count). The number of ether oxygens (including phenoxy) is 1. The summed E-state index contributed by atoms with van der Waals surface area (Å²) in [6.07, 6.45) is 4.65. The molecule has 0 aromatic heterocycles. The molecule has 1 aliphatic heterocycles. The van der Waals surface area contributed by atoms with E-state index in [1.54, 1.807) is 0 Å². The van der Waals surface area contributed by atoms with Gasteiger partial charge in [0.25, 0.3) is 0 Å². The molecule has 1 fully saturated rings. The number of benzene rings is 2. The Morgan fingerprint density at radius 3 is 2.23 bits per heavy atom. The highest BCUT2D eigenvalue weighted by Crippen LogP contribution is 2.25. The number of aliphatic hydroxyl groups is 1. The molecule has 1 unspecified atom stereocenters. The van der Waals surface area contributed by atoms with E-state index in [4.69, 9.17) is 4.74 Å². The van der Waals surface area contributed by atoms with Gasteiger partial charge in [-0.25, -0.2) is 0 Å². The highest BCUT2D eigenvalue weighted by molar-refractivity contribution is 5.36. The molecule has 4 heteroatoms. The maximum Gasteiger partial charge on any atom is 0.137 e. The molecule has 1 atom stereocenters. The van der Waals surface area contributed by atoms with Crippen LogP contribution in [-0.4, -0.2) is 41.9 Å². The summed E-state index contributed by atoms with van der Waals surface area (Å²) in [5.41, 5.74) is 3.98. The van der Waals surface area contributed by atoms with Crippen molar-refractivity contribution in [3.05, 3.63) is 65.2 Å². The van der Waals surface area contributed by atoms with Crippen molar-refractivity contribution in [3.63, 3.8) is 0 Å². The fourth-order valence-electron chi connectivity index (χ4n) is 4.81. The molecule has 1 N–H and O–H groups in total. The zero-order valence-corrected chi connectivity index (χ0v) is 19.6. The Morgan fingerprint density at radius 2 is 1.63 bits per heavy atom. The van der Waals surface area contributed by atoms with E-state index in [2.05, 4.69) is 63.2 Å². The molecule has 0 spiro atoms. The van der Waals surface area contributed by atoms with Crippen LogP contribution in [0.5, 0.6) is 5.75 Å². The molecular weight excluding hydrogens is 394 g/mol. The van der Waals surface area contributed by atoms with Crippen molar-refractivity contribution in [2.45, 2.75) is 65.0 Å². The van der Waals surface area contributed by atoms with Crippen LogP contribution < -0.4 is 17.1 Å². The SMILES string of the molecule is Cc1cc(OCC(O)C[N+]2(Cc3ccccc3)CCCCCC2)ccc1C(C)C.[Cl-]. The standard InChI is InChI=1S/C26H38NO2.ClH/c1-21(2)26-14-13-25(17-22(26)3)29-20-24(28)19-27(15-9-4-5-10-16-27)18-23-11-7-6-8-12-23;/h6-8,11-14,17,21,24,28H,4-5,9-10,15-16,18-20H2,1-3H3;1H/q+1;/p-1. The Morgan fingerprint density at radius 1 is 0.967 bits per heavy atom. The Balaban J connectivity index is 0.00000320. The first-order valence-electron chi connectivity index (χ1n) is 11.3. The predicted molar refractivity (Wildman–Crippen MR) is 120 cm³/mol. The zero-order chi connectivity index (χ0) is 20.7. The molecular formula is C26H38ClNO2. The fourth-order valence-corrected chi connectivity index (χ4v) is 4.81. The fraction of sp³-hybridized carbons (Fsp3) is 0.538. The molecule has 2 aromatic carbocycles. The van der Waals surface area contributed by atoms with E-state index >= 15 is 0 Å². The number of hydrogen-bond acceptors (Lipinski definition) is 2. The summed E-state index contributed by atoms with van der Waals surface area (Å²) in [7, 11) is 0. The Kier molecular flexibility index (Phi) is 9.67. The van der Waals surface area contributed by atoms with Crippen LogP contribution in [0.3, 0.4) is 0 Å². The molecule has 0 bridgehead atoms. The predicted octanol–water partition coefficient (Wildman–Crippen LogP) is 2.45. The van der Waals surface area contributed by atoms with Crippen LogP contribution in [0.4, 0.5) is 0 Å². The minimum atomic E-state index is -0.457. The molecule has 1 saturated heterocycles. The average molecular weight is 432 g/mol. The quantitative estimate of drug-likeness (QED) is 0.650. The third-order valence-electron chi connectivity index (χ3n) is 6.28. The molecule has 0 amide bonds. The number of quaternary nitrogens is 1. The summed E-state index contributed by atoms with van der Waals surface area (Å²) in [6, 6.07) is 17.0. The molecule has 1 aliphatic rings. The first-order chi connectivity index (χ1) is 14.0. The number of nitrogens with zero attached hydrogens (tertiary/aromatic N) is 1. The van der Waals surface area contributed by atoms with E-state index in [1.165, 1.54) is 42.4 Å². The van der Waals surface area contributed by atoms with Crippen LogP contribution in [0.1, 0.15) is 62.1 Å². The normalized spacial score (nSPS) is 17.1. The van der Waals surface area contributed by atoms with E-state index < -0.39 is 6.10 Å². The number of aryl methyl sites for hydroxylation is 1. The maximum absolute atomic E-state index is 10.9. The number of hydrogen-bond donors (Lipinski definition) is 1. The number of rotatable bonds is 8. The lowest BCUT2D eigenvalue weighted by Crippen LogP contribution is -3.00. The van der Waals surface area contributed by atoms with Crippen molar-refractivity contribution in [1.82, 2.24) is 0 Å². The summed E-state index contributed by atoms with van der Waals surface area (Å²) >= 11 is 0. The lowest BCUT2D eigenvalue weighted by atomic mass is 9.98. The van der Waals surface area contributed by atoms with Gasteiger partial charge in [0.15, 0.2) is 0 Å². The van der Waals surface area contributed by atoms with Crippen LogP contribution in [0.25, 0.3) is 0 Å². The third kappa shape index (κ3) is 7.01. The van der Waals surface area contributed by atoms with E-state index in [0.717, 1.165) is 36.4 Å². The van der Waals surface area contributed by atoms with Gasteiger partial charge in [0, 0.05) is 5.56 Å². The van der Waals surface area contributed by atoms with Gasteiger partial charge in [-0.3, -0.25) is 0 Å². The van der Waals surface area contributed by atoms with E-state index in [1.807, 2.05) is 6.07 Å². The Bertz CT molecular complexity index is 755. The summed E-state index contributed by atoms with van der Waals surface area (Å²) in [6.45, 7) is 11.0. The minimum absolute atomic E-state index is 0. The Hall–Kier alpha value is -1.55. The van der Waals surface area contributed by atoms with Gasteiger partial charge in [-0.2, -0.15) is 0 Å². The van der Waals surface area contributed by atoms with Crippen LogP contribution in [0.2, 0.25) is 0 Å². The van der Waals surface area contributed by atoms with Crippen LogP contribution in [0.15, 0.2) is 48.5 Å². The summed E-state index contributed by atoms with van der Waals surface area (Å²) in [4.78, 5) is 0. The monoisotopic (exact) mass is 431 g/mol. The van der Waals surface area contributed by atoms with Gasteiger partial charge >= 0.3 is 0 Å². The topological polar surface area (TPSA) is 29.5 Å². The van der Waals surface area contributed by atoms with Gasteiger partial charge in [0.2, 0.25) is 0 Å². The van der Waals surface area contributed by atoms with E-state index in [9.17, 15) is 5.11 Å². The third-order valence-corrected chi connectivity index (χ3v) is 6.28. The number of likely N-dealkylation sites (tertiary alicyclic amines) is 1. The van der Waals surface area contributed by atoms with Gasteiger partial charge in [-0.05, 0) is 61.8 Å². The number of halogens is 1. The average Bonchev–Trinajstić information content (AvgIpc) is 2.92. The highest BCUT2D eigenvalue weighted by atomic mass is 35.5. The second-order valence-electron chi connectivity index (χ2n) is 9.17. The van der Waals surface area contributed by atoms with Gasteiger partial charge in [0.05, 0.1) is 13.1 Å². The first kappa shape index (κ1) is 24.7. The molecule has 0 radical (unpaired) electrons. The lowest BCUT2D eigenvalue weighted by Gasteiger charge is -2.39. The molecule has 2 aromatic rings. The molecule has 30 heavy (non-hydrogen) atoms. The zero-order valence-electron chi connectivity index (χ0n) is 18.8. The smallest absolute Gasteiger partial charge is 0.137 e. The van der Waals surface area contributed by atoms with Crippen molar-refractivity contribution >= 4 is 0 Å². The van der Waals surface area contributed by atoms with Crippen LogP contribution in [-0.2, 0) is 6.54 Å². The van der Waals surface area contributed by atoms with E-state index in [-0.39, 0.29) is 12.4 Å². The van der Waals surface area contributed by atoms with Gasteiger partial charge in [0.1, 0.15) is 31.5 Å². The van der Waals surface area contributed by atoms with Crippen molar-refractivity contribution in [1.29, 1.82) is 0 Å². The van der Waals surface area contributed by atoms with Crippen molar-refractivity contribution in [2.24, 2.45) is 0 Å².